The predicted octanol–water partition coefficient (Wildman–Crippen LogP) is -1.15. The molecule has 0 saturated heterocycles. The highest BCUT2D eigenvalue weighted by Crippen LogP contribution is 2.07. The molecule has 1 heterocycles. The third kappa shape index (κ3) is 1.25. The first-order valence-electron chi connectivity index (χ1n) is 3.30. The van der Waals surface area contributed by atoms with Crippen molar-refractivity contribution in [2.45, 2.75) is 13.0 Å². The standard InChI is InChI=1S/C5H12N6/c1-3(8-2)4-9-10-5(6)11(4)7/h3,8H,7H2,1-2H3,(H2,6,10). The molecule has 0 bridgehead atoms. The highest BCUT2D eigenvalue weighted by Gasteiger charge is 2.11. The highest BCUT2D eigenvalue weighted by molar-refractivity contribution is 5.18. The van der Waals surface area contributed by atoms with Gasteiger partial charge in [0.25, 0.3) is 0 Å². The van der Waals surface area contributed by atoms with Gasteiger partial charge in [0.1, 0.15) is 0 Å². The average Bonchev–Trinajstić information content (AvgIpc) is 2.32. The molecule has 1 aromatic rings. The molecule has 0 saturated carbocycles. The molecule has 1 atom stereocenters. The molecule has 1 rings (SSSR count). The topological polar surface area (TPSA) is 94.8 Å². The number of nitrogens with two attached hydrogens (primary N) is 2. The van der Waals surface area contributed by atoms with Crippen molar-refractivity contribution in [3.05, 3.63) is 5.82 Å². The summed E-state index contributed by atoms with van der Waals surface area (Å²) < 4.78 is 1.27. The monoisotopic (exact) mass is 156 g/mol. The molecule has 0 aliphatic carbocycles. The van der Waals surface area contributed by atoms with Gasteiger partial charge in [-0.1, -0.05) is 0 Å². The summed E-state index contributed by atoms with van der Waals surface area (Å²) in [6.45, 7) is 1.92. The van der Waals surface area contributed by atoms with Crippen molar-refractivity contribution in [3.63, 3.8) is 0 Å². The minimum absolute atomic E-state index is 0.0600. The number of hydrogen-bond donors (Lipinski definition) is 3. The van der Waals surface area contributed by atoms with Crippen molar-refractivity contribution < 1.29 is 0 Å². The van der Waals surface area contributed by atoms with Crippen molar-refractivity contribution in [2.24, 2.45) is 0 Å². The maximum Gasteiger partial charge on any atom is 0.240 e. The SMILES string of the molecule is CNC(C)c1nnc(N)n1N. The summed E-state index contributed by atoms with van der Waals surface area (Å²) in [5, 5.41) is 10.4. The van der Waals surface area contributed by atoms with E-state index in [-0.39, 0.29) is 12.0 Å². The van der Waals surface area contributed by atoms with Gasteiger partial charge in [0.05, 0.1) is 6.04 Å². The number of nitrogen functional groups attached to an aromatic ring is 2. The van der Waals surface area contributed by atoms with Crippen LogP contribution in [0.25, 0.3) is 0 Å². The third-order valence-electron chi connectivity index (χ3n) is 1.57. The third-order valence-corrected chi connectivity index (χ3v) is 1.57. The second-order valence-electron chi connectivity index (χ2n) is 2.30. The smallest absolute Gasteiger partial charge is 0.240 e. The average molecular weight is 156 g/mol. The Morgan fingerprint density at radius 2 is 2.18 bits per heavy atom. The van der Waals surface area contributed by atoms with Crippen LogP contribution in [0.2, 0.25) is 0 Å². The Morgan fingerprint density at radius 3 is 2.55 bits per heavy atom. The van der Waals surface area contributed by atoms with E-state index >= 15 is 0 Å². The Morgan fingerprint density at radius 1 is 1.55 bits per heavy atom. The molecular weight excluding hydrogens is 144 g/mol. The van der Waals surface area contributed by atoms with Crippen LogP contribution in [-0.4, -0.2) is 21.9 Å². The van der Waals surface area contributed by atoms with Crippen LogP contribution in [-0.2, 0) is 0 Å². The van der Waals surface area contributed by atoms with Crippen LogP contribution in [0.3, 0.4) is 0 Å². The summed E-state index contributed by atoms with van der Waals surface area (Å²) in [6.07, 6.45) is 0. The van der Waals surface area contributed by atoms with Crippen molar-refractivity contribution in [1.82, 2.24) is 20.2 Å². The lowest BCUT2D eigenvalue weighted by Crippen LogP contribution is -2.22. The van der Waals surface area contributed by atoms with Crippen LogP contribution >= 0.6 is 0 Å². The molecule has 6 heteroatoms. The normalized spacial score (nSPS) is 13.3. The molecule has 1 aromatic heterocycles. The van der Waals surface area contributed by atoms with Gasteiger partial charge >= 0.3 is 0 Å². The molecule has 0 aliphatic rings. The fourth-order valence-corrected chi connectivity index (χ4v) is 0.741. The van der Waals surface area contributed by atoms with E-state index in [1.165, 1.54) is 4.68 Å². The van der Waals surface area contributed by atoms with E-state index in [4.69, 9.17) is 11.6 Å². The minimum Gasteiger partial charge on any atom is -0.366 e. The quantitative estimate of drug-likeness (QED) is 0.470. The van der Waals surface area contributed by atoms with Gasteiger partial charge in [0, 0.05) is 0 Å². The maximum absolute atomic E-state index is 5.51. The van der Waals surface area contributed by atoms with Crippen LogP contribution in [0.15, 0.2) is 0 Å². The number of aromatic nitrogens is 3. The first-order chi connectivity index (χ1) is 5.16. The molecule has 11 heavy (non-hydrogen) atoms. The molecule has 0 amide bonds. The zero-order valence-corrected chi connectivity index (χ0v) is 6.57. The zero-order valence-electron chi connectivity index (χ0n) is 6.57. The molecule has 0 fully saturated rings. The minimum atomic E-state index is 0.0600. The van der Waals surface area contributed by atoms with Crippen molar-refractivity contribution in [2.75, 3.05) is 18.6 Å². The molecule has 0 aliphatic heterocycles. The summed E-state index contributed by atoms with van der Waals surface area (Å²) in [6, 6.07) is 0.0600. The molecule has 0 aromatic carbocycles. The van der Waals surface area contributed by atoms with E-state index in [1.807, 2.05) is 14.0 Å². The maximum atomic E-state index is 5.51. The number of anilines is 1. The molecule has 6 nitrogen and oxygen atoms in total. The summed E-state index contributed by atoms with van der Waals surface area (Å²) in [7, 11) is 1.82. The fourth-order valence-electron chi connectivity index (χ4n) is 0.741. The number of nitrogens with one attached hydrogen (secondary N) is 1. The second-order valence-corrected chi connectivity index (χ2v) is 2.30. The summed E-state index contributed by atoms with van der Waals surface area (Å²) >= 11 is 0. The van der Waals surface area contributed by atoms with Crippen molar-refractivity contribution in [3.8, 4) is 0 Å². The van der Waals surface area contributed by atoms with Crippen LogP contribution in [0.4, 0.5) is 5.95 Å². The van der Waals surface area contributed by atoms with Crippen LogP contribution < -0.4 is 16.9 Å². The number of rotatable bonds is 2. The van der Waals surface area contributed by atoms with Crippen molar-refractivity contribution in [1.29, 1.82) is 0 Å². The first-order valence-corrected chi connectivity index (χ1v) is 3.30. The van der Waals surface area contributed by atoms with Gasteiger partial charge in [0.2, 0.25) is 5.95 Å². The van der Waals surface area contributed by atoms with Gasteiger partial charge in [-0.25, -0.2) is 4.68 Å². The zero-order chi connectivity index (χ0) is 8.43. The van der Waals surface area contributed by atoms with Gasteiger partial charge in [0.15, 0.2) is 5.82 Å². The Hall–Kier alpha value is -1.30. The molecule has 0 spiro atoms. The van der Waals surface area contributed by atoms with Crippen LogP contribution in [0.5, 0.6) is 0 Å². The Kier molecular flexibility index (Phi) is 1.95. The molecular formula is C5H12N6. The van der Waals surface area contributed by atoms with Gasteiger partial charge in [-0.2, -0.15) is 0 Å². The van der Waals surface area contributed by atoms with Crippen LogP contribution in [0, 0.1) is 0 Å². The van der Waals surface area contributed by atoms with E-state index in [9.17, 15) is 0 Å². The lowest BCUT2D eigenvalue weighted by Gasteiger charge is -2.07. The molecule has 1 unspecified atom stereocenters. The Labute approximate surface area is 64.6 Å². The molecule has 5 N–H and O–H groups in total. The van der Waals surface area contributed by atoms with Crippen LogP contribution in [0.1, 0.15) is 18.8 Å². The summed E-state index contributed by atoms with van der Waals surface area (Å²) in [5.41, 5.74) is 5.37. The largest absolute Gasteiger partial charge is 0.366 e. The van der Waals surface area contributed by atoms with Gasteiger partial charge < -0.3 is 16.9 Å². The number of hydrogen-bond acceptors (Lipinski definition) is 5. The summed E-state index contributed by atoms with van der Waals surface area (Å²) in [5.74, 6) is 6.36. The lowest BCUT2D eigenvalue weighted by atomic mass is 10.3. The summed E-state index contributed by atoms with van der Waals surface area (Å²) in [4.78, 5) is 0. The second kappa shape index (κ2) is 2.75. The van der Waals surface area contributed by atoms with E-state index in [0.717, 1.165) is 0 Å². The van der Waals surface area contributed by atoms with Crippen molar-refractivity contribution >= 4 is 5.95 Å². The van der Waals surface area contributed by atoms with Gasteiger partial charge in [-0.05, 0) is 14.0 Å². The van der Waals surface area contributed by atoms with Gasteiger partial charge in [-0.3, -0.25) is 0 Å². The van der Waals surface area contributed by atoms with E-state index in [0.29, 0.717) is 5.82 Å². The van der Waals surface area contributed by atoms with E-state index < -0.39 is 0 Å². The fraction of sp³-hybridized carbons (Fsp3) is 0.600. The molecule has 62 valence electrons. The Bertz CT molecular complexity index is 241. The Balaban J connectivity index is 2.94. The predicted molar refractivity (Wildman–Crippen MR) is 42.1 cm³/mol. The van der Waals surface area contributed by atoms with Gasteiger partial charge in [-0.15, -0.1) is 10.2 Å². The molecule has 0 radical (unpaired) electrons. The number of nitrogens with zero attached hydrogens (tertiary/aromatic N) is 3. The van der Waals surface area contributed by atoms with E-state index in [2.05, 4.69) is 15.5 Å². The highest BCUT2D eigenvalue weighted by atomic mass is 15.5. The van der Waals surface area contributed by atoms with E-state index in [1.54, 1.807) is 0 Å². The first kappa shape index (κ1) is 7.80. The lowest BCUT2D eigenvalue weighted by molar-refractivity contribution is 0.592.